The van der Waals surface area contributed by atoms with Gasteiger partial charge in [0.05, 0.1) is 11.1 Å². The standard InChI is InChI=1S/C18H26N4O3S/c1-13(2)12-22-17(10-11-19-22)20-18(23)15-6-8-16(9-7-15)26(24,25)21(5)14(3)4/h6-11,13-14H,12H2,1-5H3,(H,20,23). The lowest BCUT2D eigenvalue weighted by Gasteiger charge is -2.21. The summed E-state index contributed by atoms with van der Waals surface area (Å²) in [5.41, 5.74) is 0.383. The van der Waals surface area contributed by atoms with Gasteiger partial charge >= 0.3 is 0 Å². The van der Waals surface area contributed by atoms with Crippen LogP contribution in [0.15, 0.2) is 41.4 Å². The van der Waals surface area contributed by atoms with E-state index >= 15 is 0 Å². The number of nitrogens with one attached hydrogen (secondary N) is 1. The van der Waals surface area contributed by atoms with E-state index in [1.165, 1.54) is 35.6 Å². The molecule has 0 unspecified atom stereocenters. The number of anilines is 1. The maximum Gasteiger partial charge on any atom is 0.256 e. The van der Waals surface area contributed by atoms with E-state index in [0.717, 1.165) is 0 Å². The number of rotatable bonds is 7. The summed E-state index contributed by atoms with van der Waals surface area (Å²) in [5.74, 6) is 0.699. The van der Waals surface area contributed by atoms with Crippen LogP contribution in [0.1, 0.15) is 38.1 Å². The van der Waals surface area contributed by atoms with E-state index in [9.17, 15) is 13.2 Å². The minimum atomic E-state index is -3.56. The van der Waals surface area contributed by atoms with Crippen molar-refractivity contribution in [2.45, 2.75) is 45.2 Å². The Morgan fingerprint density at radius 1 is 1.15 bits per heavy atom. The van der Waals surface area contributed by atoms with Crippen LogP contribution in [0, 0.1) is 5.92 Å². The zero-order chi connectivity index (χ0) is 19.5. The Morgan fingerprint density at radius 3 is 2.31 bits per heavy atom. The molecule has 0 aliphatic rings. The van der Waals surface area contributed by atoms with Gasteiger partial charge in [-0.05, 0) is 44.0 Å². The first-order valence-electron chi connectivity index (χ1n) is 8.54. The summed E-state index contributed by atoms with van der Waals surface area (Å²) in [5, 5.41) is 7.02. The molecule has 1 amide bonds. The van der Waals surface area contributed by atoms with Crippen molar-refractivity contribution in [3.05, 3.63) is 42.1 Å². The fraction of sp³-hybridized carbons (Fsp3) is 0.444. The molecule has 2 rings (SSSR count). The molecule has 7 nitrogen and oxygen atoms in total. The molecule has 0 atom stereocenters. The number of nitrogens with zero attached hydrogens (tertiary/aromatic N) is 3. The van der Waals surface area contributed by atoms with Crippen molar-refractivity contribution in [3.8, 4) is 0 Å². The highest BCUT2D eigenvalue weighted by Gasteiger charge is 2.23. The molecule has 1 aromatic carbocycles. The molecule has 0 aliphatic carbocycles. The van der Waals surface area contributed by atoms with Crippen molar-refractivity contribution < 1.29 is 13.2 Å². The maximum absolute atomic E-state index is 12.5. The summed E-state index contributed by atoms with van der Waals surface area (Å²) in [6.07, 6.45) is 1.63. The van der Waals surface area contributed by atoms with Gasteiger partial charge in [-0.25, -0.2) is 13.1 Å². The lowest BCUT2D eigenvalue weighted by Crippen LogP contribution is -2.33. The van der Waals surface area contributed by atoms with Gasteiger partial charge in [-0.3, -0.25) is 4.79 Å². The van der Waals surface area contributed by atoms with Gasteiger partial charge < -0.3 is 5.32 Å². The second kappa shape index (κ2) is 8.01. The number of carbonyl (C=O) groups is 1. The number of sulfonamides is 1. The summed E-state index contributed by atoms with van der Waals surface area (Å²) in [6, 6.07) is 7.52. The Bertz CT molecular complexity index is 855. The molecule has 1 aromatic heterocycles. The SMILES string of the molecule is CC(C)Cn1nccc1NC(=O)c1ccc(S(=O)(=O)N(C)C(C)C)cc1. The van der Waals surface area contributed by atoms with Crippen molar-refractivity contribution in [2.75, 3.05) is 12.4 Å². The second-order valence-corrected chi connectivity index (χ2v) is 8.88. The number of carbonyl (C=O) groups excluding carboxylic acids is 1. The normalized spacial score (nSPS) is 12.2. The van der Waals surface area contributed by atoms with Crippen molar-refractivity contribution >= 4 is 21.7 Å². The van der Waals surface area contributed by atoms with Crippen molar-refractivity contribution in [1.82, 2.24) is 14.1 Å². The smallest absolute Gasteiger partial charge is 0.256 e. The quantitative estimate of drug-likeness (QED) is 0.803. The zero-order valence-corrected chi connectivity index (χ0v) is 16.6. The Labute approximate surface area is 155 Å². The van der Waals surface area contributed by atoms with Crippen LogP contribution in [-0.2, 0) is 16.6 Å². The van der Waals surface area contributed by atoms with Gasteiger partial charge in [0.2, 0.25) is 10.0 Å². The van der Waals surface area contributed by atoms with E-state index in [1.54, 1.807) is 30.8 Å². The topological polar surface area (TPSA) is 84.3 Å². The van der Waals surface area contributed by atoms with Gasteiger partial charge in [-0.1, -0.05) is 13.8 Å². The highest BCUT2D eigenvalue weighted by Crippen LogP contribution is 2.18. The third kappa shape index (κ3) is 4.50. The van der Waals surface area contributed by atoms with E-state index in [2.05, 4.69) is 24.3 Å². The van der Waals surface area contributed by atoms with E-state index in [4.69, 9.17) is 0 Å². The average molecular weight is 378 g/mol. The molecule has 8 heteroatoms. The van der Waals surface area contributed by atoms with Crippen LogP contribution in [0.25, 0.3) is 0 Å². The molecule has 0 bridgehead atoms. The van der Waals surface area contributed by atoms with Crippen LogP contribution >= 0.6 is 0 Å². The summed E-state index contributed by atoms with van der Waals surface area (Å²) in [7, 11) is -2.03. The van der Waals surface area contributed by atoms with Crippen molar-refractivity contribution in [1.29, 1.82) is 0 Å². The average Bonchev–Trinajstić information content (AvgIpc) is 3.00. The van der Waals surface area contributed by atoms with Crippen LogP contribution in [0.5, 0.6) is 0 Å². The molecule has 0 radical (unpaired) electrons. The molecule has 26 heavy (non-hydrogen) atoms. The van der Waals surface area contributed by atoms with Crippen LogP contribution in [0.3, 0.4) is 0 Å². The highest BCUT2D eigenvalue weighted by atomic mass is 32.2. The molecule has 1 N–H and O–H groups in total. The van der Waals surface area contributed by atoms with Gasteiger partial charge in [0.1, 0.15) is 5.82 Å². The maximum atomic E-state index is 12.5. The number of hydrogen-bond acceptors (Lipinski definition) is 4. The minimum absolute atomic E-state index is 0.149. The molecular formula is C18H26N4O3S. The van der Waals surface area contributed by atoms with Crippen molar-refractivity contribution in [2.24, 2.45) is 5.92 Å². The van der Waals surface area contributed by atoms with Crippen LogP contribution < -0.4 is 5.32 Å². The number of aromatic nitrogens is 2. The predicted molar refractivity (Wildman–Crippen MR) is 102 cm³/mol. The molecule has 0 fully saturated rings. The van der Waals surface area contributed by atoms with Gasteiger partial charge in [0, 0.05) is 31.3 Å². The summed E-state index contributed by atoms with van der Waals surface area (Å²) in [4.78, 5) is 12.6. The Morgan fingerprint density at radius 2 is 1.77 bits per heavy atom. The van der Waals surface area contributed by atoms with Gasteiger partial charge in [0.25, 0.3) is 5.91 Å². The van der Waals surface area contributed by atoms with Crippen LogP contribution in [-0.4, -0.2) is 41.5 Å². The lowest BCUT2D eigenvalue weighted by molar-refractivity contribution is 0.102. The first kappa shape index (κ1) is 20.1. The summed E-state index contributed by atoms with van der Waals surface area (Å²) >= 11 is 0. The zero-order valence-electron chi connectivity index (χ0n) is 15.8. The Balaban J connectivity index is 2.16. The molecule has 0 spiro atoms. The minimum Gasteiger partial charge on any atom is -0.307 e. The van der Waals surface area contributed by atoms with E-state index in [-0.39, 0.29) is 16.8 Å². The van der Waals surface area contributed by atoms with Gasteiger partial charge in [0.15, 0.2) is 0 Å². The Hall–Kier alpha value is -2.19. The predicted octanol–water partition coefficient (Wildman–Crippen LogP) is 2.82. The van der Waals surface area contributed by atoms with Crippen molar-refractivity contribution in [3.63, 3.8) is 0 Å². The molecule has 0 saturated carbocycles. The number of hydrogen-bond donors (Lipinski definition) is 1. The Kier molecular flexibility index (Phi) is 6.20. The van der Waals surface area contributed by atoms with Gasteiger partial charge in [-0.15, -0.1) is 0 Å². The van der Waals surface area contributed by atoms with Crippen LogP contribution in [0.4, 0.5) is 5.82 Å². The third-order valence-electron chi connectivity index (χ3n) is 4.02. The van der Waals surface area contributed by atoms with E-state index in [0.29, 0.717) is 23.8 Å². The summed E-state index contributed by atoms with van der Waals surface area (Å²) in [6.45, 7) is 8.45. The highest BCUT2D eigenvalue weighted by molar-refractivity contribution is 7.89. The van der Waals surface area contributed by atoms with Crippen LogP contribution in [0.2, 0.25) is 0 Å². The monoisotopic (exact) mass is 378 g/mol. The molecule has 0 saturated heterocycles. The molecule has 1 heterocycles. The largest absolute Gasteiger partial charge is 0.307 e. The number of benzene rings is 1. The second-order valence-electron chi connectivity index (χ2n) is 6.89. The first-order chi connectivity index (χ1) is 12.1. The van der Waals surface area contributed by atoms with Gasteiger partial charge in [-0.2, -0.15) is 9.40 Å². The lowest BCUT2D eigenvalue weighted by atomic mass is 10.2. The fourth-order valence-electron chi connectivity index (χ4n) is 2.34. The molecule has 142 valence electrons. The van der Waals surface area contributed by atoms with E-state index < -0.39 is 10.0 Å². The summed E-state index contributed by atoms with van der Waals surface area (Å²) < 4.78 is 28.0. The molecule has 0 aliphatic heterocycles. The third-order valence-corrected chi connectivity index (χ3v) is 6.06. The molecular weight excluding hydrogens is 352 g/mol. The van der Waals surface area contributed by atoms with E-state index in [1.807, 2.05) is 0 Å². The fourth-order valence-corrected chi connectivity index (χ4v) is 3.71. The molecule has 2 aromatic rings. The first-order valence-corrected chi connectivity index (χ1v) is 9.98. The number of amides is 1.